The maximum atomic E-state index is 13.5. The van der Waals surface area contributed by atoms with Crippen LogP contribution >= 0.6 is 0 Å². The Balaban J connectivity index is 1.18. The maximum Gasteiger partial charge on any atom is 0.322 e. The number of carbonyl (C=O) groups excluding carboxylic acids is 3. The Morgan fingerprint density at radius 1 is 1.13 bits per heavy atom. The highest BCUT2D eigenvalue weighted by atomic mass is 16.5. The van der Waals surface area contributed by atoms with Gasteiger partial charge in [0.1, 0.15) is 17.3 Å². The number of furan rings is 1. The molecule has 2 atom stereocenters. The molecule has 1 aromatic carbocycles. The first-order valence-electron chi connectivity index (χ1n) is 15.9. The standard InChI is InChI=1S/C35H38N6O5/c1-3-22-17-25(41(24-10-14-36-15-11-24)26-5-4-13-37-20-26)7-9-30-28(22)19-31(46-30)35(33(43)38-34(44)39-35)12-16-40-21-23-6-8-27(45-2)18-29(23)32(40)42/h4-9,13,17-20,22,24,36H,3,10-12,14-16,21H2,1-2H3,(H2,38,39,43,44). The van der Waals surface area contributed by atoms with Gasteiger partial charge in [0.25, 0.3) is 11.8 Å². The van der Waals surface area contributed by atoms with Crippen LogP contribution < -0.4 is 25.6 Å². The quantitative estimate of drug-likeness (QED) is 0.299. The summed E-state index contributed by atoms with van der Waals surface area (Å²) in [6, 6.07) is 11.1. The Morgan fingerprint density at radius 2 is 1.98 bits per heavy atom. The van der Waals surface area contributed by atoms with E-state index in [4.69, 9.17) is 9.15 Å². The van der Waals surface area contributed by atoms with Gasteiger partial charge < -0.3 is 29.6 Å². The van der Waals surface area contributed by atoms with Crippen molar-refractivity contribution in [1.82, 2.24) is 25.8 Å². The van der Waals surface area contributed by atoms with E-state index in [1.165, 1.54) is 0 Å². The first kappa shape index (κ1) is 29.8. The van der Waals surface area contributed by atoms with E-state index >= 15 is 0 Å². The molecule has 238 valence electrons. The summed E-state index contributed by atoms with van der Waals surface area (Å²) in [6.45, 7) is 4.70. The third kappa shape index (κ3) is 5.24. The van der Waals surface area contributed by atoms with Crippen molar-refractivity contribution in [2.75, 3.05) is 31.6 Å². The zero-order chi connectivity index (χ0) is 31.8. The van der Waals surface area contributed by atoms with Gasteiger partial charge in [0.15, 0.2) is 5.54 Å². The summed E-state index contributed by atoms with van der Waals surface area (Å²) in [6.07, 6.45) is 13.0. The van der Waals surface area contributed by atoms with Crippen molar-refractivity contribution < 1.29 is 23.5 Å². The lowest BCUT2D eigenvalue weighted by Crippen LogP contribution is -2.46. The third-order valence-electron chi connectivity index (χ3n) is 9.60. The van der Waals surface area contributed by atoms with Crippen LogP contribution in [0.1, 0.15) is 71.5 Å². The average Bonchev–Trinajstić information content (AvgIpc) is 3.70. The monoisotopic (exact) mass is 622 g/mol. The van der Waals surface area contributed by atoms with E-state index in [0.717, 1.165) is 54.9 Å². The van der Waals surface area contributed by atoms with Crippen molar-refractivity contribution >= 4 is 29.6 Å². The molecular formula is C35H38N6O5. The molecule has 3 N–H and O–H groups in total. The molecule has 2 aromatic heterocycles. The number of aromatic nitrogens is 1. The number of rotatable bonds is 9. The molecule has 3 aromatic rings. The number of anilines is 1. The minimum atomic E-state index is -1.45. The zero-order valence-electron chi connectivity index (χ0n) is 26.0. The van der Waals surface area contributed by atoms with E-state index in [1.54, 1.807) is 24.3 Å². The number of piperidine rings is 1. The summed E-state index contributed by atoms with van der Waals surface area (Å²) in [5.74, 6) is 0.987. The number of imide groups is 1. The fraction of sp³-hybridized carbons (Fsp3) is 0.371. The minimum absolute atomic E-state index is 0.000224. The van der Waals surface area contributed by atoms with Crippen molar-refractivity contribution in [3.8, 4) is 5.75 Å². The number of amides is 4. The highest BCUT2D eigenvalue weighted by molar-refractivity contribution is 6.07. The number of ether oxygens (including phenoxy) is 1. The van der Waals surface area contributed by atoms with E-state index in [-0.39, 0.29) is 24.8 Å². The number of hydrogen-bond donors (Lipinski definition) is 3. The smallest absolute Gasteiger partial charge is 0.322 e. The van der Waals surface area contributed by atoms with Gasteiger partial charge in [0.05, 0.1) is 19.0 Å². The van der Waals surface area contributed by atoms with Crippen LogP contribution in [0, 0.1) is 0 Å². The summed E-state index contributed by atoms with van der Waals surface area (Å²) in [5.41, 5.74) is 3.09. The number of pyridine rings is 1. The average molecular weight is 623 g/mol. The lowest BCUT2D eigenvalue weighted by Gasteiger charge is -2.37. The first-order valence-corrected chi connectivity index (χ1v) is 15.9. The highest BCUT2D eigenvalue weighted by Gasteiger charge is 2.51. The molecule has 11 heteroatoms. The van der Waals surface area contributed by atoms with Crippen LogP contribution in [0.4, 0.5) is 10.5 Å². The lowest BCUT2D eigenvalue weighted by atomic mass is 9.89. The van der Waals surface area contributed by atoms with Crippen molar-refractivity contribution in [1.29, 1.82) is 0 Å². The predicted molar refractivity (Wildman–Crippen MR) is 172 cm³/mol. The largest absolute Gasteiger partial charge is 0.497 e. The molecule has 4 aliphatic rings. The summed E-state index contributed by atoms with van der Waals surface area (Å²) in [5, 5.41) is 8.72. The molecule has 0 spiro atoms. The number of allylic oxidation sites excluding steroid dienone is 2. The molecule has 4 amide bonds. The van der Waals surface area contributed by atoms with Gasteiger partial charge in [-0.05, 0) is 80.4 Å². The minimum Gasteiger partial charge on any atom is -0.497 e. The topological polar surface area (TPSA) is 129 Å². The highest BCUT2D eigenvalue weighted by Crippen LogP contribution is 2.40. The Hall–Kier alpha value is -4.90. The summed E-state index contributed by atoms with van der Waals surface area (Å²) in [4.78, 5) is 47.8. The molecule has 1 aliphatic carbocycles. The molecule has 2 unspecified atom stereocenters. The van der Waals surface area contributed by atoms with Crippen LogP contribution in [-0.2, 0) is 16.9 Å². The molecule has 46 heavy (non-hydrogen) atoms. The van der Waals surface area contributed by atoms with Crippen LogP contribution in [0.3, 0.4) is 0 Å². The van der Waals surface area contributed by atoms with Gasteiger partial charge in [0, 0.05) is 54.5 Å². The van der Waals surface area contributed by atoms with Crippen LogP contribution in [-0.4, -0.2) is 60.5 Å². The van der Waals surface area contributed by atoms with Gasteiger partial charge in [-0.15, -0.1) is 0 Å². The van der Waals surface area contributed by atoms with Gasteiger partial charge in [-0.2, -0.15) is 0 Å². The fourth-order valence-corrected chi connectivity index (χ4v) is 7.11. The SMILES string of the molecule is CCC1C=C(N(c2cccnc2)C2CCNCC2)C=Cc2oc(C3(CCN4Cc5ccc(OC)cc5C4=O)NC(=O)NC3=O)cc21. The van der Waals surface area contributed by atoms with Crippen molar-refractivity contribution in [3.05, 3.63) is 94.9 Å². The predicted octanol–water partition coefficient (Wildman–Crippen LogP) is 4.43. The van der Waals surface area contributed by atoms with Gasteiger partial charge in [-0.1, -0.05) is 19.1 Å². The van der Waals surface area contributed by atoms with Crippen molar-refractivity contribution in [2.45, 2.75) is 56.7 Å². The molecule has 2 fully saturated rings. The number of methoxy groups -OCH3 is 1. The van der Waals surface area contributed by atoms with Crippen LogP contribution in [0.2, 0.25) is 0 Å². The van der Waals surface area contributed by atoms with Crippen molar-refractivity contribution in [2.24, 2.45) is 0 Å². The Kier molecular flexibility index (Phi) is 7.85. The van der Waals surface area contributed by atoms with E-state index in [2.05, 4.69) is 51.0 Å². The molecule has 3 aliphatic heterocycles. The van der Waals surface area contributed by atoms with Crippen LogP contribution in [0.15, 0.2) is 71.1 Å². The Labute approximate surface area is 267 Å². The molecule has 0 bridgehead atoms. The number of nitrogens with one attached hydrogen (secondary N) is 3. The van der Waals surface area contributed by atoms with E-state index in [9.17, 15) is 14.4 Å². The number of hydrogen-bond acceptors (Lipinski definition) is 8. The lowest BCUT2D eigenvalue weighted by molar-refractivity contribution is -0.125. The van der Waals surface area contributed by atoms with Crippen LogP contribution in [0.5, 0.6) is 5.75 Å². The third-order valence-corrected chi connectivity index (χ3v) is 9.60. The zero-order valence-corrected chi connectivity index (χ0v) is 26.0. The Morgan fingerprint density at radius 3 is 2.70 bits per heavy atom. The van der Waals surface area contributed by atoms with Gasteiger partial charge in [-0.3, -0.25) is 19.9 Å². The summed E-state index contributed by atoms with van der Waals surface area (Å²) >= 11 is 0. The second kappa shape index (κ2) is 12.1. The first-order chi connectivity index (χ1) is 22.4. The van der Waals surface area contributed by atoms with Gasteiger partial charge >= 0.3 is 6.03 Å². The molecule has 2 saturated heterocycles. The normalized spacial score (nSPS) is 22.6. The number of nitrogens with zero attached hydrogens (tertiary/aromatic N) is 3. The second-order valence-electron chi connectivity index (χ2n) is 12.2. The summed E-state index contributed by atoms with van der Waals surface area (Å²) in [7, 11) is 1.56. The number of carbonyl (C=O) groups is 3. The summed E-state index contributed by atoms with van der Waals surface area (Å²) < 4.78 is 11.8. The van der Waals surface area contributed by atoms with Gasteiger partial charge in [0.2, 0.25) is 0 Å². The molecule has 5 heterocycles. The van der Waals surface area contributed by atoms with Crippen molar-refractivity contribution in [3.63, 3.8) is 0 Å². The Bertz CT molecular complexity index is 1730. The number of benzene rings is 1. The van der Waals surface area contributed by atoms with E-state index in [0.29, 0.717) is 35.4 Å². The van der Waals surface area contributed by atoms with Gasteiger partial charge in [-0.25, -0.2) is 4.79 Å². The fourth-order valence-electron chi connectivity index (χ4n) is 7.11. The number of urea groups is 1. The molecule has 11 nitrogen and oxygen atoms in total. The molecule has 7 rings (SSSR count). The second-order valence-corrected chi connectivity index (χ2v) is 12.2. The van der Waals surface area contributed by atoms with E-state index < -0.39 is 17.5 Å². The van der Waals surface area contributed by atoms with E-state index in [1.807, 2.05) is 36.5 Å². The molecular weight excluding hydrogens is 584 g/mol. The molecule has 0 saturated carbocycles. The maximum absolute atomic E-state index is 13.5. The van der Waals surface area contributed by atoms with Crippen LogP contribution in [0.25, 0.3) is 6.08 Å². The molecule has 0 radical (unpaired) electrons. The number of fused-ring (bicyclic) bond motifs is 2.